The Hall–Kier alpha value is -5.87. The van der Waals surface area contributed by atoms with Gasteiger partial charge < -0.3 is 4.42 Å². The summed E-state index contributed by atoms with van der Waals surface area (Å²) in [4.78, 5) is 0. The van der Waals surface area contributed by atoms with Gasteiger partial charge in [-0.15, -0.1) is 0 Å². The molecule has 0 aliphatic carbocycles. The quantitative estimate of drug-likeness (QED) is 0.181. The second-order valence-corrected chi connectivity index (χ2v) is 12.0. The van der Waals surface area contributed by atoms with Crippen molar-refractivity contribution >= 4 is 54.3 Å². The molecule has 0 aliphatic rings. The standard InChI is InChI=1S/C43H25F3O/c44-43(45,46)40-25-30(27-13-5-2-6-14-27)24-39-38-23-29(26-11-3-1-4-12-26)22-36(41(38)47-42(39)40)28-19-20-35-33-17-8-7-15-31(33)32-16-9-10-18-34(32)37(35)21-28/h1-25H. The monoisotopic (exact) mass is 614 g/mol. The zero-order valence-corrected chi connectivity index (χ0v) is 25.0. The summed E-state index contributed by atoms with van der Waals surface area (Å²) < 4.78 is 50.4. The van der Waals surface area contributed by atoms with E-state index in [4.69, 9.17) is 4.42 Å². The molecule has 0 aliphatic heterocycles. The minimum atomic E-state index is -4.61. The van der Waals surface area contributed by atoms with Gasteiger partial charge >= 0.3 is 6.18 Å². The van der Waals surface area contributed by atoms with E-state index in [0.717, 1.165) is 49.2 Å². The number of halogens is 3. The van der Waals surface area contributed by atoms with Gasteiger partial charge in [0.05, 0.1) is 5.56 Å². The van der Waals surface area contributed by atoms with Gasteiger partial charge in [-0.1, -0.05) is 121 Å². The van der Waals surface area contributed by atoms with E-state index >= 15 is 0 Å². The predicted octanol–water partition coefficient (Wildman–Crippen LogP) is 13.1. The van der Waals surface area contributed by atoms with Crippen molar-refractivity contribution in [3.8, 4) is 33.4 Å². The summed E-state index contributed by atoms with van der Waals surface area (Å²) in [6.07, 6.45) is -4.61. The van der Waals surface area contributed by atoms with E-state index in [1.165, 1.54) is 11.5 Å². The van der Waals surface area contributed by atoms with Crippen LogP contribution in [0.4, 0.5) is 13.2 Å². The molecule has 9 aromatic rings. The van der Waals surface area contributed by atoms with Crippen molar-refractivity contribution in [3.63, 3.8) is 0 Å². The summed E-state index contributed by atoms with van der Waals surface area (Å²) in [6.45, 7) is 0. The van der Waals surface area contributed by atoms with E-state index in [1.807, 2.05) is 97.1 Å². The zero-order chi connectivity index (χ0) is 31.7. The highest BCUT2D eigenvalue weighted by molar-refractivity contribution is 6.26. The fourth-order valence-corrected chi connectivity index (χ4v) is 7.07. The maximum atomic E-state index is 14.7. The third-order valence-corrected chi connectivity index (χ3v) is 9.25. The molecule has 1 heterocycles. The number of hydrogen-bond acceptors (Lipinski definition) is 1. The smallest absolute Gasteiger partial charge is 0.420 e. The molecule has 0 fully saturated rings. The first-order valence-electron chi connectivity index (χ1n) is 15.5. The number of fused-ring (bicyclic) bond motifs is 9. The van der Waals surface area contributed by atoms with Crippen molar-refractivity contribution < 1.29 is 17.6 Å². The maximum Gasteiger partial charge on any atom is 0.420 e. The van der Waals surface area contributed by atoms with Crippen molar-refractivity contribution in [3.05, 3.63) is 157 Å². The molecule has 8 aromatic carbocycles. The first-order valence-corrected chi connectivity index (χ1v) is 15.5. The van der Waals surface area contributed by atoms with Gasteiger partial charge in [0.2, 0.25) is 0 Å². The molecule has 0 amide bonds. The maximum absolute atomic E-state index is 14.7. The lowest BCUT2D eigenvalue weighted by atomic mass is 9.90. The van der Waals surface area contributed by atoms with E-state index in [2.05, 4.69) is 48.5 Å². The van der Waals surface area contributed by atoms with Gasteiger partial charge in [-0.2, -0.15) is 13.2 Å². The van der Waals surface area contributed by atoms with Crippen LogP contribution in [0.15, 0.2) is 156 Å². The van der Waals surface area contributed by atoms with Gasteiger partial charge in [-0.05, 0) is 90.5 Å². The third-order valence-electron chi connectivity index (χ3n) is 9.25. The highest BCUT2D eigenvalue weighted by Gasteiger charge is 2.36. The number of furan rings is 1. The molecule has 0 unspecified atom stereocenters. The Labute approximate surface area is 268 Å². The zero-order valence-electron chi connectivity index (χ0n) is 25.0. The Morgan fingerprint density at radius 2 is 0.787 bits per heavy atom. The first kappa shape index (κ1) is 27.4. The number of hydrogen-bond donors (Lipinski definition) is 0. The molecule has 9 rings (SSSR count). The van der Waals surface area contributed by atoms with E-state index in [1.54, 1.807) is 0 Å². The molecule has 1 aromatic heterocycles. The van der Waals surface area contributed by atoms with Gasteiger partial charge in [-0.3, -0.25) is 0 Å². The Morgan fingerprint density at radius 3 is 1.34 bits per heavy atom. The van der Waals surface area contributed by atoms with Crippen molar-refractivity contribution in [1.29, 1.82) is 0 Å². The highest BCUT2D eigenvalue weighted by atomic mass is 19.4. The first-order chi connectivity index (χ1) is 22.9. The van der Waals surface area contributed by atoms with Gasteiger partial charge in [0.15, 0.2) is 0 Å². The van der Waals surface area contributed by atoms with Gasteiger partial charge in [0.25, 0.3) is 0 Å². The van der Waals surface area contributed by atoms with Gasteiger partial charge in [-0.25, -0.2) is 0 Å². The third kappa shape index (κ3) is 4.40. The molecular weight excluding hydrogens is 589 g/mol. The summed E-state index contributed by atoms with van der Waals surface area (Å²) in [5, 5.41) is 7.89. The summed E-state index contributed by atoms with van der Waals surface area (Å²) >= 11 is 0. The fourth-order valence-electron chi connectivity index (χ4n) is 7.07. The minimum Gasteiger partial charge on any atom is -0.455 e. The largest absolute Gasteiger partial charge is 0.455 e. The molecule has 47 heavy (non-hydrogen) atoms. The normalized spacial score (nSPS) is 12.1. The van der Waals surface area contributed by atoms with Crippen LogP contribution in [0.3, 0.4) is 0 Å². The lowest BCUT2D eigenvalue weighted by Gasteiger charge is -2.13. The predicted molar refractivity (Wildman–Crippen MR) is 188 cm³/mol. The number of rotatable bonds is 3. The van der Waals surface area contributed by atoms with Crippen LogP contribution in [0.2, 0.25) is 0 Å². The molecule has 0 radical (unpaired) electrons. The summed E-state index contributed by atoms with van der Waals surface area (Å²) in [5.41, 5.74) is 4.17. The van der Waals surface area contributed by atoms with Crippen molar-refractivity contribution in [2.45, 2.75) is 6.18 Å². The van der Waals surface area contributed by atoms with Crippen LogP contribution in [0, 0.1) is 0 Å². The number of benzene rings is 8. The molecule has 0 bridgehead atoms. The van der Waals surface area contributed by atoms with Gasteiger partial charge in [0, 0.05) is 16.3 Å². The molecule has 0 atom stereocenters. The number of alkyl halides is 3. The van der Waals surface area contributed by atoms with Crippen molar-refractivity contribution in [1.82, 2.24) is 0 Å². The second-order valence-electron chi connectivity index (χ2n) is 12.0. The second kappa shape index (κ2) is 10.3. The lowest BCUT2D eigenvalue weighted by Crippen LogP contribution is -2.05. The summed E-state index contributed by atoms with van der Waals surface area (Å²) in [7, 11) is 0. The van der Waals surface area contributed by atoms with Crippen LogP contribution in [-0.2, 0) is 6.18 Å². The highest BCUT2D eigenvalue weighted by Crippen LogP contribution is 2.46. The topological polar surface area (TPSA) is 13.1 Å². The van der Waals surface area contributed by atoms with Crippen molar-refractivity contribution in [2.24, 2.45) is 0 Å². The van der Waals surface area contributed by atoms with Crippen LogP contribution in [0.5, 0.6) is 0 Å². The van der Waals surface area contributed by atoms with Crippen LogP contribution < -0.4 is 0 Å². The molecule has 0 spiro atoms. The van der Waals surface area contributed by atoms with Crippen LogP contribution in [-0.4, -0.2) is 0 Å². The molecule has 0 saturated heterocycles. The minimum absolute atomic E-state index is 0.157. The summed E-state index contributed by atoms with van der Waals surface area (Å²) in [6, 6.07) is 49.2. The molecule has 1 nitrogen and oxygen atoms in total. The Bertz CT molecular complexity index is 2620. The van der Waals surface area contributed by atoms with E-state index < -0.39 is 11.7 Å². The molecular formula is C43H25F3O. The van der Waals surface area contributed by atoms with E-state index in [0.29, 0.717) is 27.5 Å². The Morgan fingerprint density at radius 1 is 0.340 bits per heavy atom. The Balaban J connectivity index is 1.40. The molecule has 4 heteroatoms. The average Bonchev–Trinajstić information content (AvgIpc) is 3.49. The van der Waals surface area contributed by atoms with Crippen LogP contribution in [0.1, 0.15) is 5.56 Å². The summed E-state index contributed by atoms with van der Waals surface area (Å²) in [5.74, 6) is 0. The van der Waals surface area contributed by atoms with Gasteiger partial charge in [0.1, 0.15) is 11.2 Å². The fraction of sp³-hybridized carbons (Fsp3) is 0.0233. The molecule has 224 valence electrons. The molecule has 0 N–H and O–H groups in total. The molecule has 0 saturated carbocycles. The van der Waals surface area contributed by atoms with Crippen LogP contribution in [0.25, 0.3) is 87.6 Å². The SMILES string of the molecule is FC(F)(F)c1cc(-c2ccccc2)cc2c1oc1c(-c3ccc4c5ccccc5c5ccccc5c4c3)cc(-c3ccccc3)cc12. The van der Waals surface area contributed by atoms with E-state index in [9.17, 15) is 13.2 Å². The van der Waals surface area contributed by atoms with E-state index in [-0.39, 0.29) is 5.58 Å². The lowest BCUT2D eigenvalue weighted by molar-refractivity contribution is -0.136. The average molecular weight is 615 g/mol. The van der Waals surface area contributed by atoms with Crippen LogP contribution >= 0.6 is 0 Å². The Kier molecular flexibility index (Phi) is 6.03. The van der Waals surface area contributed by atoms with Crippen molar-refractivity contribution in [2.75, 3.05) is 0 Å².